The number of allylic oxidation sites excluding steroid dienone is 2. The summed E-state index contributed by atoms with van der Waals surface area (Å²) in [5, 5.41) is 0. The fraction of sp³-hybridized carbons (Fsp3) is 0.765. The van der Waals surface area contributed by atoms with Gasteiger partial charge >= 0.3 is 5.97 Å². The van der Waals surface area contributed by atoms with Crippen LogP contribution in [0.2, 0.25) is 0 Å². The molecular formula is C17H28O3. The first-order chi connectivity index (χ1) is 9.02. The molecule has 3 nitrogen and oxygen atoms in total. The summed E-state index contributed by atoms with van der Waals surface area (Å²) in [5.74, 6) is 0.320. The Morgan fingerprint density at radius 2 is 2.00 bits per heavy atom. The van der Waals surface area contributed by atoms with E-state index in [-0.39, 0.29) is 17.3 Å². The number of esters is 1. The first kappa shape index (κ1) is 16.9. The van der Waals surface area contributed by atoms with Gasteiger partial charge in [0.15, 0.2) is 0 Å². The van der Waals surface area contributed by atoms with Crippen LogP contribution in [0.1, 0.15) is 67.2 Å². The van der Waals surface area contributed by atoms with Crippen molar-refractivity contribution in [1.29, 1.82) is 0 Å². The molecule has 3 heteroatoms. The largest absolute Gasteiger partial charge is 0.460 e. The maximum Gasteiger partial charge on any atom is 0.306 e. The molecule has 0 aromatic rings. The summed E-state index contributed by atoms with van der Waals surface area (Å²) >= 11 is 0. The molecule has 0 aromatic carbocycles. The fourth-order valence-corrected chi connectivity index (χ4v) is 3.07. The van der Waals surface area contributed by atoms with Gasteiger partial charge in [-0.15, -0.1) is 0 Å². The number of hydrogen-bond donors (Lipinski definition) is 0. The molecule has 0 heterocycles. The Morgan fingerprint density at radius 1 is 1.40 bits per heavy atom. The summed E-state index contributed by atoms with van der Waals surface area (Å²) in [4.78, 5) is 23.8. The molecule has 1 fully saturated rings. The maximum absolute atomic E-state index is 12.1. The van der Waals surface area contributed by atoms with Crippen LogP contribution in [0.25, 0.3) is 0 Å². The molecule has 0 aromatic heterocycles. The van der Waals surface area contributed by atoms with Crippen LogP contribution in [-0.4, -0.2) is 17.4 Å². The van der Waals surface area contributed by atoms with Crippen LogP contribution in [0.3, 0.4) is 0 Å². The Bertz CT molecular complexity index is 410. The van der Waals surface area contributed by atoms with Gasteiger partial charge in [0, 0.05) is 19.3 Å². The molecule has 1 saturated carbocycles. The van der Waals surface area contributed by atoms with Gasteiger partial charge in [-0.1, -0.05) is 18.6 Å². The van der Waals surface area contributed by atoms with E-state index in [9.17, 15) is 9.59 Å². The summed E-state index contributed by atoms with van der Waals surface area (Å²) in [6.07, 6.45) is 4.44. The summed E-state index contributed by atoms with van der Waals surface area (Å²) in [5.41, 5.74) is 0.524. The van der Waals surface area contributed by atoms with Crippen molar-refractivity contribution in [1.82, 2.24) is 0 Å². The van der Waals surface area contributed by atoms with E-state index in [0.29, 0.717) is 25.0 Å². The number of ether oxygens (including phenoxy) is 1. The molecule has 1 aliphatic rings. The third-order valence-corrected chi connectivity index (χ3v) is 3.73. The minimum absolute atomic E-state index is 0.162. The first-order valence-electron chi connectivity index (χ1n) is 7.41. The van der Waals surface area contributed by atoms with Crippen molar-refractivity contribution < 1.29 is 14.3 Å². The van der Waals surface area contributed by atoms with Crippen LogP contribution in [0.15, 0.2) is 11.6 Å². The SMILES string of the molecule is CC(C)=CC1(C)CC(=O)CCC1CC(=O)OC(C)(C)C. The van der Waals surface area contributed by atoms with E-state index in [2.05, 4.69) is 13.0 Å². The fourth-order valence-electron chi connectivity index (χ4n) is 3.07. The molecule has 2 unspecified atom stereocenters. The molecule has 0 bridgehead atoms. The first-order valence-corrected chi connectivity index (χ1v) is 7.41. The number of Topliss-reactive ketones (excluding diaryl/α,β-unsaturated/α-hetero) is 1. The van der Waals surface area contributed by atoms with Gasteiger partial charge in [0.2, 0.25) is 0 Å². The summed E-state index contributed by atoms with van der Waals surface area (Å²) in [6.45, 7) is 11.8. The summed E-state index contributed by atoms with van der Waals surface area (Å²) in [7, 11) is 0. The van der Waals surface area contributed by atoms with Crippen molar-refractivity contribution in [3.05, 3.63) is 11.6 Å². The van der Waals surface area contributed by atoms with Gasteiger partial charge in [-0.3, -0.25) is 9.59 Å². The highest BCUT2D eigenvalue weighted by Gasteiger charge is 2.39. The molecule has 0 aliphatic heterocycles. The van der Waals surface area contributed by atoms with Gasteiger partial charge < -0.3 is 4.74 Å². The molecule has 114 valence electrons. The lowest BCUT2D eigenvalue weighted by molar-refractivity contribution is -0.157. The topological polar surface area (TPSA) is 43.4 Å². The second kappa shape index (κ2) is 6.11. The van der Waals surface area contributed by atoms with Gasteiger partial charge in [-0.05, 0) is 52.4 Å². The highest BCUT2D eigenvalue weighted by molar-refractivity contribution is 5.81. The third kappa shape index (κ3) is 5.10. The summed E-state index contributed by atoms with van der Waals surface area (Å²) in [6, 6.07) is 0. The number of rotatable bonds is 3. The van der Waals surface area contributed by atoms with Gasteiger partial charge in [-0.25, -0.2) is 0 Å². The Labute approximate surface area is 122 Å². The minimum atomic E-state index is -0.450. The van der Waals surface area contributed by atoms with Gasteiger partial charge in [-0.2, -0.15) is 0 Å². The lowest BCUT2D eigenvalue weighted by Crippen LogP contribution is -2.36. The number of carbonyl (C=O) groups excluding carboxylic acids is 2. The molecule has 1 aliphatic carbocycles. The molecular weight excluding hydrogens is 252 g/mol. The van der Waals surface area contributed by atoms with Crippen LogP contribution in [0.5, 0.6) is 0 Å². The zero-order valence-corrected chi connectivity index (χ0v) is 13.7. The number of hydrogen-bond acceptors (Lipinski definition) is 3. The van der Waals surface area contributed by atoms with E-state index in [4.69, 9.17) is 4.74 Å². The van der Waals surface area contributed by atoms with Gasteiger partial charge in [0.05, 0.1) is 0 Å². The second-order valence-corrected chi connectivity index (χ2v) is 7.47. The average molecular weight is 280 g/mol. The second-order valence-electron chi connectivity index (χ2n) is 7.47. The van der Waals surface area contributed by atoms with E-state index in [0.717, 1.165) is 6.42 Å². The van der Waals surface area contributed by atoms with E-state index in [1.54, 1.807) is 0 Å². The van der Waals surface area contributed by atoms with Crippen molar-refractivity contribution in [3.63, 3.8) is 0 Å². The van der Waals surface area contributed by atoms with Crippen LogP contribution in [0.4, 0.5) is 0 Å². The third-order valence-electron chi connectivity index (χ3n) is 3.73. The number of carbonyl (C=O) groups is 2. The van der Waals surface area contributed by atoms with Crippen LogP contribution in [-0.2, 0) is 14.3 Å². The van der Waals surface area contributed by atoms with Crippen LogP contribution < -0.4 is 0 Å². The Kier molecular flexibility index (Phi) is 5.17. The lowest BCUT2D eigenvalue weighted by Gasteiger charge is -2.39. The van der Waals surface area contributed by atoms with Gasteiger partial charge in [0.1, 0.15) is 11.4 Å². The maximum atomic E-state index is 12.1. The smallest absolute Gasteiger partial charge is 0.306 e. The van der Waals surface area contributed by atoms with Crippen molar-refractivity contribution in [2.45, 2.75) is 72.8 Å². The highest BCUT2D eigenvalue weighted by Crippen LogP contribution is 2.43. The molecule has 0 N–H and O–H groups in total. The predicted octanol–water partition coefficient (Wildman–Crippen LogP) is 4.06. The Hall–Kier alpha value is -1.12. The van der Waals surface area contributed by atoms with E-state index in [1.165, 1.54) is 5.57 Å². The lowest BCUT2D eigenvalue weighted by atomic mass is 9.65. The molecule has 2 atom stereocenters. The van der Waals surface area contributed by atoms with E-state index < -0.39 is 5.60 Å². The molecule has 1 rings (SSSR count). The quantitative estimate of drug-likeness (QED) is 0.578. The van der Waals surface area contributed by atoms with Crippen molar-refractivity contribution in [2.75, 3.05) is 0 Å². The standard InChI is InChI=1S/C17H28O3/c1-12(2)10-17(6)11-14(18)8-7-13(17)9-15(19)20-16(3,4)5/h10,13H,7-9,11H2,1-6H3. The van der Waals surface area contributed by atoms with Crippen LogP contribution >= 0.6 is 0 Å². The molecule has 20 heavy (non-hydrogen) atoms. The minimum Gasteiger partial charge on any atom is -0.460 e. The monoisotopic (exact) mass is 280 g/mol. The molecule has 0 spiro atoms. The highest BCUT2D eigenvalue weighted by atomic mass is 16.6. The van der Waals surface area contributed by atoms with Crippen molar-refractivity contribution >= 4 is 11.8 Å². The van der Waals surface area contributed by atoms with Crippen LogP contribution in [0, 0.1) is 11.3 Å². The normalized spacial score (nSPS) is 27.1. The van der Waals surface area contributed by atoms with E-state index >= 15 is 0 Å². The molecule has 0 saturated heterocycles. The molecule has 0 radical (unpaired) electrons. The predicted molar refractivity (Wildman–Crippen MR) is 80.3 cm³/mol. The summed E-state index contributed by atoms with van der Waals surface area (Å²) < 4.78 is 5.42. The molecule has 0 amide bonds. The zero-order valence-electron chi connectivity index (χ0n) is 13.7. The van der Waals surface area contributed by atoms with Crippen molar-refractivity contribution in [3.8, 4) is 0 Å². The Morgan fingerprint density at radius 3 is 2.50 bits per heavy atom. The number of ketones is 1. The zero-order chi connectivity index (χ0) is 15.6. The average Bonchev–Trinajstić information content (AvgIpc) is 2.18. The van der Waals surface area contributed by atoms with Gasteiger partial charge in [0.25, 0.3) is 0 Å². The van der Waals surface area contributed by atoms with Crippen molar-refractivity contribution in [2.24, 2.45) is 11.3 Å². The van der Waals surface area contributed by atoms with E-state index in [1.807, 2.05) is 34.6 Å². The Balaban J connectivity index is 2.83.